The molecule has 0 saturated heterocycles. The third-order valence-electron chi connectivity index (χ3n) is 4.35. The van der Waals surface area contributed by atoms with Crippen molar-refractivity contribution in [1.29, 1.82) is 0 Å². The fraction of sp³-hybridized carbons (Fsp3) is 0.250. The molecule has 3 aromatic rings. The summed E-state index contributed by atoms with van der Waals surface area (Å²) < 4.78 is 11.8. The van der Waals surface area contributed by atoms with Crippen LogP contribution in [-0.2, 0) is 11.3 Å². The molecule has 138 valence electrons. The van der Waals surface area contributed by atoms with Crippen LogP contribution in [0.15, 0.2) is 57.7 Å². The molecule has 1 saturated carbocycles. The van der Waals surface area contributed by atoms with E-state index in [1.807, 2.05) is 0 Å². The number of carbonyl (C=O) groups is 2. The van der Waals surface area contributed by atoms with Crippen molar-refractivity contribution >= 4 is 23.0 Å². The van der Waals surface area contributed by atoms with Crippen molar-refractivity contribution in [2.75, 3.05) is 0 Å². The van der Waals surface area contributed by atoms with Crippen LogP contribution in [0.4, 0.5) is 0 Å². The maximum atomic E-state index is 12.2. The van der Waals surface area contributed by atoms with Gasteiger partial charge in [0.1, 0.15) is 5.75 Å². The molecule has 0 atom stereocenters. The topological polar surface area (TPSA) is 90.5 Å². The van der Waals surface area contributed by atoms with Crippen molar-refractivity contribution in [2.45, 2.75) is 31.8 Å². The van der Waals surface area contributed by atoms with Gasteiger partial charge in [-0.3, -0.25) is 14.2 Å². The van der Waals surface area contributed by atoms with Crippen LogP contribution < -0.4 is 15.8 Å². The zero-order chi connectivity index (χ0) is 18.8. The Labute approximate surface area is 154 Å². The minimum atomic E-state index is -0.511. The van der Waals surface area contributed by atoms with E-state index in [1.165, 1.54) is 10.6 Å². The monoisotopic (exact) mass is 366 g/mol. The van der Waals surface area contributed by atoms with Gasteiger partial charge in [0.25, 0.3) is 5.91 Å². The van der Waals surface area contributed by atoms with Gasteiger partial charge >= 0.3 is 11.7 Å². The fourth-order valence-corrected chi connectivity index (χ4v) is 2.81. The summed E-state index contributed by atoms with van der Waals surface area (Å²) in [6.07, 6.45) is 2.01. The molecule has 1 aliphatic rings. The Morgan fingerprint density at radius 1 is 1.15 bits per heavy atom. The Hall–Kier alpha value is -3.35. The van der Waals surface area contributed by atoms with E-state index in [4.69, 9.17) is 9.15 Å². The molecular formula is C20H18N2O5. The highest BCUT2D eigenvalue weighted by Gasteiger charge is 2.24. The Morgan fingerprint density at radius 3 is 2.78 bits per heavy atom. The van der Waals surface area contributed by atoms with Crippen LogP contribution in [0.2, 0.25) is 0 Å². The van der Waals surface area contributed by atoms with Gasteiger partial charge in [-0.1, -0.05) is 18.2 Å². The van der Waals surface area contributed by atoms with E-state index in [-0.39, 0.29) is 24.9 Å². The summed E-state index contributed by atoms with van der Waals surface area (Å²) in [6, 6.07) is 13.8. The van der Waals surface area contributed by atoms with Gasteiger partial charge in [-0.15, -0.1) is 0 Å². The third-order valence-corrected chi connectivity index (χ3v) is 4.35. The van der Waals surface area contributed by atoms with E-state index in [0.717, 1.165) is 12.8 Å². The molecule has 1 aliphatic carbocycles. The summed E-state index contributed by atoms with van der Waals surface area (Å²) in [7, 11) is 0. The summed E-state index contributed by atoms with van der Waals surface area (Å²) in [4.78, 5) is 36.2. The molecule has 1 amide bonds. The molecule has 1 aromatic heterocycles. The van der Waals surface area contributed by atoms with E-state index >= 15 is 0 Å². The number of nitrogens with zero attached hydrogens (tertiary/aromatic N) is 1. The lowest BCUT2D eigenvalue weighted by Crippen LogP contribution is -2.25. The molecule has 0 bridgehead atoms. The molecule has 1 fully saturated rings. The van der Waals surface area contributed by atoms with E-state index in [9.17, 15) is 14.4 Å². The molecule has 1 N–H and O–H groups in total. The van der Waals surface area contributed by atoms with Gasteiger partial charge in [0, 0.05) is 18.2 Å². The predicted molar refractivity (Wildman–Crippen MR) is 97.7 cm³/mol. The lowest BCUT2D eigenvalue weighted by molar-refractivity contribution is -0.134. The Balaban J connectivity index is 1.40. The normalized spacial score (nSPS) is 13.5. The third kappa shape index (κ3) is 3.92. The molecule has 7 nitrogen and oxygen atoms in total. The first-order valence-electron chi connectivity index (χ1n) is 8.80. The number of aryl methyl sites for hydroxylation is 1. The second kappa shape index (κ2) is 7.11. The Kier molecular flexibility index (Phi) is 4.50. The van der Waals surface area contributed by atoms with Gasteiger partial charge in [-0.05, 0) is 43.2 Å². The van der Waals surface area contributed by atoms with Crippen molar-refractivity contribution in [3.05, 3.63) is 64.6 Å². The molecule has 0 unspecified atom stereocenters. The Morgan fingerprint density at radius 2 is 1.96 bits per heavy atom. The summed E-state index contributed by atoms with van der Waals surface area (Å²) in [5.41, 5.74) is 1.56. The molecule has 0 radical (unpaired) electrons. The average molecular weight is 366 g/mol. The quantitative estimate of drug-likeness (QED) is 0.535. The highest BCUT2D eigenvalue weighted by atomic mass is 16.5. The average Bonchev–Trinajstić information content (AvgIpc) is 3.41. The zero-order valence-electron chi connectivity index (χ0n) is 14.5. The maximum Gasteiger partial charge on any atom is 0.419 e. The van der Waals surface area contributed by atoms with E-state index < -0.39 is 11.7 Å². The van der Waals surface area contributed by atoms with Gasteiger partial charge in [0.2, 0.25) is 0 Å². The smallest absolute Gasteiger partial charge is 0.419 e. The van der Waals surface area contributed by atoms with Gasteiger partial charge in [0.05, 0.1) is 11.9 Å². The number of para-hydroxylation sites is 2. The number of hydrogen-bond acceptors (Lipinski definition) is 5. The zero-order valence-corrected chi connectivity index (χ0v) is 14.5. The number of esters is 1. The molecule has 27 heavy (non-hydrogen) atoms. The molecule has 7 heteroatoms. The maximum absolute atomic E-state index is 12.2. The van der Waals surface area contributed by atoms with E-state index in [1.54, 1.807) is 42.5 Å². The number of nitrogens with one attached hydrogen (secondary N) is 1. The van der Waals surface area contributed by atoms with Gasteiger partial charge in [0.15, 0.2) is 5.58 Å². The van der Waals surface area contributed by atoms with Gasteiger partial charge in [-0.25, -0.2) is 4.79 Å². The molecule has 0 aliphatic heterocycles. The minimum Gasteiger partial charge on any atom is -0.426 e. The first-order chi connectivity index (χ1) is 13.1. The number of aromatic nitrogens is 1. The number of carbonyl (C=O) groups excluding carboxylic acids is 2. The van der Waals surface area contributed by atoms with E-state index in [2.05, 4.69) is 5.32 Å². The molecule has 0 spiro atoms. The first kappa shape index (κ1) is 17.1. The summed E-state index contributed by atoms with van der Waals surface area (Å²) in [5.74, 6) is -0.880. The predicted octanol–water partition coefficient (Wildman–Crippen LogP) is 2.48. The highest BCUT2D eigenvalue weighted by molar-refractivity contribution is 5.95. The van der Waals surface area contributed by atoms with Crippen LogP contribution in [0, 0.1) is 0 Å². The van der Waals surface area contributed by atoms with Crippen LogP contribution in [-0.4, -0.2) is 22.5 Å². The van der Waals surface area contributed by atoms with Crippen LogP contribution in [0.5, 0.6) is 5.75 Å². The number of ether oxygens (including phenoxy) is 1. The number of amides is 1. The largest absolute Gasteiger partial charge is 0.426 e. The number of rotatable bonds is 6. The van der Waals surface area contributed by atoms with Crippen LogP contribution in [0.1, 0.15) is 29.6 Å². The molecule has 2 aromatic carbocycles. The molecule has 4 rings (SSSR count). The van der Waals surface area contributed by atoms with Crippen LogP contribution in [0.3, 0.4) is 0 Å². The lowest BCUT2D eigenvalue weighted by atomic mass is 10.2. The number of fused-ring (bicyclic) bond motifs is 1. The van der Waals surface area contributed by atoms with Crippen molar-refractivity contribution in [1.82, 2.24) is 9.88 Å². The van der Waals surface area contributed by atoms with Crippen molar-refractivity contribution in [3.63, 3.8) is 0 Å². The number of oxazole rings is 1. The van der Waals surface area contributed by atoms with Crippen LogP contribution >= 0.6 is 0 Å². The van der Waals surface area contributed by atoms with Gasteiger partial charge < -0.3 is 14.5 Å². The fourth-order valence-electron chi connectivity index (χ4n) is 2.81. The van der Waals surface area contributed by atoms with Crippen molar-refractivity contribution in [2.24, 2.45) is 0 Å². The van der Waals surface area contributed by atoms with Crippen molar-refractivity contribution in [3.8, 4) is 5.75 Å². The number of benzene rings is 2. The van der Waals surface area contributed by atoms with Crippen LogP contribution in [0.25, 0.3) is 11.1 Å². The molecule has 1 heterocycles. The molecular weight excluding hydrogens is 348 g/mol. The second-order valence-corrected chi connectivity index (χ2v) is 6.49. The minimum absolute atomic E-state index is 0.00192. The summed E-state index contributed by atoms with van der Waals surface area (Å²) >= 11 is 0. The summed E-state index contributed by atoms with van der Waals surface area (Å²) in [5, 5.41) is 2.89. The summed E-state index contributed by atoms with van der Waals surface area (Å²) in [6.45, 7) is 0.149. The SMILES string of the molecule is O=C(CCn1c(=O)oc2ccccc21)Oc1cccc(C(=O)NC2CC2)c1. The number of hydrogen-bond donors (Lipinski definition) is 1. The van der Waals surface area contributed by atoms with E-state index in [0.29, 0.717) is 22.4 Å². The van der Waals surface area contributed by atoms with Gasteiger partial charge in [-0.2, -0.15) is 0 Å². The standard InChI is InChI=1S/C20H18N2O5/c23-18(10-11-22-16-6-1-2-7-17(16)27-20(22)25)26-15-5-3-4-13(12-15)19(24)21-14-8-9-14/h1-7,12,14H,8-11H2,(H,21,24). The second-order valence-electron chi connectivity index (χ2n) is 6.49. The first-order valence-corrected chi connectivity index (χ1v) is 8.80. The van der Waals surface area contributed by atoms with Crippen molar-refractivity contribution < 1.29 is 18.7 Å². The lowest BCUT2D eigenvalue weighted by Gasteiger charge is -2.07. The highest BCUT2D eigenvalue weighted by Crippen LogP contribution is 2.20. The Bertz CT molecular complexity index is 1060.